The zero-order valence-electron chi connectivity index (χ0n) is 13.5. The number of fused-ring (bicyclic) bond motifs is 7. The van der Waals surface area contributed by atoms with Gasteiger partial charge in [-0.1, -0.05) is 30.3 Å². The highest BCUT2D eigenvalue weighted by molar-refractivity contribution is 5.88. The lowest BCUT2D eigenvalue weighted by Crippen LogP contribution is -2.35. The van der Waals surface area contributed by atoms with Gasteiger partial charge in [-0.05, 0) is 72.3 Å². The van der Waals surface area contributed by atoms with Crippen molar-refractivity contribution in [2.75, 3.05) is 5.32 Å². The van der Waals surface area contributed by atoms with Crippen LogP contribution in [0.25, 0.3) is 0 Å². The van der Waals surface area contributed by atoms with Crippen LogP contribution in [-0.2, 0) is 0 Å². The van der Waals surface area contributed by atoms with Crippen LogP contribution in [0.4, 0.5) is 5.69 Å². The summed E-state index contributed by atoms with van der Waals surface area (Å²) in [6.45, 7) is 0. The molecule has 122 valence electrons. The van der Waals surface area contributed by atoms with E-state index in [9.17, 15) is 9.90 Å². The number of hydrogen-bond donors (Lipinski definition) is 2. The average molecular weight is 319 g/mol. The maximum atomic E-state index is 11.4. The first-order chi connectivity index (χ1) is 11.7. The molecule has 3 aliphatic rings. The van der Waals surface area contributed by atoms with Crippen LogP contribution < -0.4 is 5.32 Å². The van der Waals surface area contributed by atoms with Gasteiger partial charge < -0.3 is 10.4 Å². The molecule has 3 heteroatoms. The number of hydrogen-bond acceptors (Lipinski definition) is 2. The Morgan fingerprint density at radius 3 is 2.62 bits per heavy atom. The van der Waals surface area contributed by atoms with Crippen LogP contribution >= 0.6 is 0 Å². The topological polar surface area (TPSA) is 49.3 Å². The van der Waals surface area contributed by atoms with Crippen LogP contribution in [0.2, 0.25) is 0 Å². The fraction of sp³-hybridized carbons (Fsp3) is 0.381. The largest absolute Gasteiger partial charge is 0.478 e. The molecule has 5 atom stereocenters. The lowest BCUT2D eigenvalue weighted by molar-refractivity contribution is 0.0696. The first-order valence-electron chi connectivity index (χ1n) is 8.91. The van der Waals surface area contributed by atoms with E-state index in [2.05, 4.69) is 35.6 Å². The molecule has 24 heavy (non-hydrogen) atoms. The molecule has 0 aromatic heterocycles. The number of benzene rings is 2. The molecule has 0 radical (unpaired) electrons. The van der Waals surface area contributed by atoms with Gasteiger partial charge in [-0.2, -0.15) is 0 Å². The van der Waals surface area contributed by atoms with Gasteiger partial charge in [-0.15, -0.1) is 0 Å². The molecule has 0 unspecified atom stereocenters. The van der Waals surface area contributed by atoms with Crippen molar-refractivity contribution < 1.29 is 9.90 Å². The highest BCUT2D eigenvalue weighted by Gasteiger charge is 2.53. The van der Waals surface area contributed by atoms with E-state index in [4.69, 9.17) is 0 Å². The summed E-state index contributed by atoms with van der Waals surface area (Å²) in [7, 11) is 0. The van der Waals surface area contributed by atoms with Crippen LogP contribution in [0.15, 0.2) is 48.5 Å². The van der Waals surface area contributed by atoms with Gasteiger partial charge in [0.25, 0.3) is 0 Å². The normalized spacial score (nSPS) is 32.8. The summed E-state index contributed by atoms with van der Waals surface area (Å²) in [6.07, 6.45) is 3.92. The summed E-state index contributed by atoms with van der Waals surface area (Å²) in [4.78, 5) is 11.4. The van der Waals surface area contributed by atoms with E-state index < -0.39 is 5.97 Å². The Bertz CT molecular complexity index is 801. The monoisotopic (exact) mass is 319 g/mol. The molecule has 0 saturated heterocycles. The zero-order valence-corrected chi connectivity index (χ0v) is 13.5. The predicted octanol–water partition coefficient (Wildman–Crippen LogP) is 4.68. The second kappa shape index (κ2) is 5.10. The Kier molecular flexibility index (Phi) is 2.99. The third-order valence-corrected chi connectivity index (χ3v) is 6.49. The standard InChI is InChI=1S/C21H21NO2/c23-21(24)15-8-9-17-16(11-15)18-13-6-7-14(10-13)19(18)20(22-17)12-4-2-1-3-5-12/h1-5,8-9,11,13-14,18-20,22H,6-7,10H2,(H,23,24)/t13-,14-,18+,19-,20+/m0/s1. The molecule has 0 amide bonds. The number of aromatic carboxylic acids is 1. The van der Waals surface area contributed by atoms with Crippen LogP contribution in [-0.4, -0.2) is 11.1 Å². The third kappa shape index (κ3) is 1.94. The van der Waals surface area contributed by atoms with E-state index in [0.29, 0.717) is 23.4 Å². The van der Waals surface area contributed by atoms with Crippen molar-refractivity contribution in [3.05, 3.63) is 65.2 Å². The second-order valence-corrected chi connectivity index (χ2v) is 7.58. The number of carboxylic acids is 1. The molecule has 2 aromatic rings. The second-order valence-electron chi connectivity index (χ2n) is 7.58. The Balaban J connectivity index is 1.64. The maximum absolute atomic E-state index is 11.4. The van der Waals surface area contributed by atoms with E-state index in [1.807, 2.05) is 12.1 Å². The van der Waals surface area contributed by atoms with Crippen molar-refractivity contribution in [3.8, 4) is 0 Å². The molecule has 3 nitrogen and oxygen atoms in total. The van der Waals surface area contributed by atoms with Crippen molar-refractivity contribution >= 4 is 11.7 Å². The maximum Gasteiger partial charge on any atom is 0.335 e. The lowest BCUT2D eigenvalue weighted by atomic mass is 9.68. The summed E-state index contributed by atoms with van der Waals surface area (Å²) in [6, 6.07) is 16.7. The van der Waals surface area contributed by atoms with Crippen LogP contribution in [0, 0.1) is 17.8 Å². The van der Waals surface area contributed by atoms with Crippen LogP contribution in [0.5, 0.6) is 0 Å². The number of nitrogens with one attached hydrogen (secondary N) is 1. The lowest BCUT2D eigenvalue weighted by Gasteiger charge is -2.43. The van der Waals surface area contributed by atoms with Crippen molar-refractivity contribution in [1.82, 2.24) is 0 Å². The van der Waals surface area contributed by atoms with Crippen LogP contribution in [0.1, 0.15) is 52.7 Å². The first kappa shape index (κ1) is 14.1. The Hall–Kier alpha value is -2.29. The van der Waals surface area contributed by atoms with E-state index in [1.54, 1.807) is 6.07 Å². The van der Waals surface area contributed by atoms with E-state index in [0.717, 1.165) is 17.5 Å². The molecule has 2 saturated carbocycles. The summed E-state index contributed by atoms with van der Waals surface area (Å²) in [5, 5.41) is 13.1. The molecule has 2 N–H and O–H groups in total. The van der Waals surface area contributed by atoms with Gasteiger partial charge in [0.2, 0.25) is 0 Å². The van der Waals surface area contributed by atoms with E-state index >= 15 is 0 Å². The number of carboxylic acid groups (broad SMARTS) is 1. The Morgan fingerprint density at radius 2 is 1.83 bits per heavy atom. The average Bonchev–Trinajstić information content (AvgIpc) is 3.23. The smallest absolute Gasteiger partial charge is 0.335 e. The van der Waals surface area contributed by atoms with Gasteiger partial charge in [0.1, 0.15) is 0 Å². The van der Waals surface area contributed by atoms with Gasteiger partial charge in [-0.25, -0.2) is 4.79 Å². The number of carbonyl (C=O) groups is 1. The minimum absolute atomic E-state index is 0.342. The molecule has 5 rings (SSSR count). The summed E-state index contributed by atoms with van der Waals surface area (Å²) >= 11 is 0. The van der Waals surface area contributed by atoms with Gasteiger partial charge in [0.05, 0.1) is 11.6 Å². The number of rotatable bonds is 2. The van der Waals surface area contributed by atoms with Crippen molar-refractivity contribution in [1.29, 1.82) is 0 Å². The SMILES string of the molecule is O=C(O)c1ccc2c(c1)[C@H]1[C@H]3CC[C@@H](C3)[C@@H]1[C@@H](c1ccccc1)N2. The predicted molar refractivity (Wildman–Crippen MR) is 93.3 cm³/mol. The van der Waals surface area contributed by atoms with Crippen molar-refractivity contribution in [3.63, 3.8) is 0 Å². The molecule has 2 fully saturated rings. The quantitative estimate of drug-likeness (QED) is 0.845. The molecular weight excluding hydrogens is 298 g/mol. The van der Waals surface area contributed by atoms with Gasteiger partial charge in [-0.3, -0.25) is 0 Å². The molecule has 1 heterocycles. The highest BCUT2D eigenvalue weighted by atomic mass is 16.4. The highest BCUT2D eigenvalue weighted by Crippen LogP contribution is 2.63. The van der Waals surface area contributed by atoms with Crippen LogP contribution in [0.3, 0.4) is 0 Å². The summed E-state index contributed by atoms with van der Waals surface area (Å²) < 4.78 is 0. The summed E-state index contributed by atoms with van der Waals surface area (Å²) in [5.74, 6) is 1.74. The molecule has 1 aliphatic heterocycles. The Labute approximate surface area is 141 Å². The minimum Gasteiger partial charge on any atom is -0.478 e. The molecule has 2 aliphatic carbocycles. The van der Waals surface area contributed by atoms with E-state index in [-0.39, 0.29) is 0 Å². The molecule has 2 bridgehead atoms. The fourth-order valence-corrected chi connectivity index (χ4v) is 5.61. The van der Waals surface area contributed by atoms with E-state index in [1.165, 1.54) is 30.4 Å². The minimum atomic E-state index is -0.831. The third-order valence-electron chi connectivity index (χ3n) is 6.49. The molecular formula is C21H21NO2. The number of anilines is 1. The Morgan fingerprint density at radius 1 is 1.04 bits per heavy atom. The summed E-state index contributed by atoms with van der Waals surface area (Å²) in [5.41, 5.74) is 4.13. The first-order valence-corrected chi connectivity index (χ1v) is 8.91. The molecule has 2 aromatic carbocycles. The molecule has 0 spiro atoms. The van der Waals surface area contributed by atoms with Gasteiger partial charge in [0, 0.05) is 5.69 Å². The van der Waals surface area contributed by atoms with Gasteiger partial charge >= 0.3 is 5.97 Å². The van der Waals surface area contributed by atoms with Gasteiger partial charge in [0.15, 0.2) is 0 Å². The zero-order chi connectivity index (χ0) is 16.3. The van der Waals surface area contributed by atoms with Crippen molar-refractivity contribution in [2.45, 2.75) is 31.2 Å². The van der Waals surface area contributed by atoms with Crippen molar-refractivity contribution in [2.24, 2.45) is 17.8 Å². The fourth-order valence-electron chi connectivity index (χ4n) is 5.61.